The lowest BCUT2D eigenvalue weighted by molar-refractivity contribution is -0.132. The normalized spacial score (nSPS) is 16.0. The second-order valence-electron chi connectivity index (χ2n) is 6.14. The van der Waals surface area contributed by atoms with E-state index in [-0.39, 0.29) is 12.3 Å². The molecule has 0 unspecified atom stereocenters. The lowest BCUT2D eigenvalue weighted by Gasteiger charge is -2.33. The third-order valence-corrected chi connectivity index (χ3v) is 5.61. The van der Waals surface area contributed by atoms with Crippen molar-refractivity contribution in [2.45, 2.75) is 12.8 Å². The summed E-state index contributed by atoms with van der Waals surface area (Å²) in [6.45, 7) is 1.36. The molecule has 0 atom stereocenters. The highest BCUT2D eigenvalue weighted by molar-refractivity contribution is 7.88. The first-order valence-electron chi connectivity index (χ1n) is 8.27. The zero-order valence-electron chi connectivity index (χ0n) is 14.4. The van der Waals surface area contributed by atoms with Crippen LogP contribution in [0.3, 0.4) is 0 Å². The summed E-state index contributed by atoms with van der Waals surface area (Å²) in [7, 11) is -3.22. The molecular weight excluding hydrogens is 361 g/mol. The van der Waals surface area contributed by atoms with Gasteiger partial charge in [0.1, 0.15) is 5.82 Å². The molecule has 1 aliphatic rings. The molecule has 2 aromatic rings. The Morgan fingerprint density at radius 2 is 1.92 bits per heavy atom. The molecule has 1 aromatic heterocycles. The van der Waals surface area contributed by atoms with Gasteiger partial charge >= 0.3 is 0 Å². The number of sulfonamides is 1. The maximum Gasteiger partial charge on any atom is 0.223 e. The van der Waals surface area contributed by atoms with E-state index < -0.39 is 15.8 Å². The monoisotopic (exact) mass is 381 g/mol. The number of hydrogen-bond donors (Lipinski definition) is 0. The third kappa shape index (κ3) is 4.28. The fourth-order valence-electron chi connectivity index (χ4n) is 2.85. The largest absolute Gasteiger partial charge is 0.441 e. The summed E-state index contributed by atoms with van der Waals surface area (Å²) in [4.78, 5) is 18.0. The molecule has 9 heteroatoms. The molecule has 2 heterocycles. The third-order valence-electron chi connectivity index (χ3n) is 4.31. The minimum Gasteiger partial charge on any atom is -0.441 e. The lowest BCUT2D eigenvalue weighted by atomic mass is 10.2. The van der Waals surface area contributed by atoms with E-state index >= 15 is 0 Å². The van der Waals surface area contributed by atoms with Crippen molar-refractivity contribution in [3.63, 3.8) is 0 Å². The van der Waals surface area contributed by atoms with Crippen molar-refractivity contribution in [1.82, 2.24) is 14.2 Å². The predicted molar refractivity (Wildman–Crippen MR) is 93.2 cm³/mol. The van der Waals surface area contributed by atoms with Crippen molar-refractivity contribution in [3.05, 3.63) is 42.2 Å². The Hall–Kier alpha value is -2.26. The quantitative estimate of drug-likeness (QED) is 0.784. The number of hydrogen-bond acceptors (Lipinski definition) is 5. The first-order chi connectivity index (χ1) is 12.3. The van der Waals surface area contributed by atoms with E-state index in [9.17, 15) is 17.6 Å². The van der Waals surface area contributed by atoms with Crippen molar-refractivity contribution in [1.29, 1.82) is 0 Å². The topological polar surface area (TPSA) is 83.7 Å². The van der Waals surface area contributed by atoms with Gasteiger partial charge in [-0.05, 0) is 12.1 Å². The second-order valence-corrected chi connectivity index (χ2v) is 8.12. The fraction of sp³-hybridized carbons (Fsp3) is 0.412. The molecule has 0 aliphatic carbocycles. The molecule has 0 radical (unpaired) electrons. The maximum absolute atomic E-state index is 13.8. The van der Waals surface area contributed by atoms with Crippen LogP contribution in [0.2, 0.25) is 0 Å². The van der Waals surface area contributed by atoms with Gasteiger partial charge in [-0.15, -0.1) is 0 Å². The van der Waals surface area contributed by atoms with Gasteiger partial charge in [-0.2, -0.15) is 4.31 Å². The summed E-state index contributed by atoms with van der Waals surface area (Å²) in [5.41, 5.74) is 0.328. The van der Waals surface area contributed by atoms with Crippen LogP contribution in [-0.2, 0) is 21.2 Å². The molecule has 140 valence electrons. The van der Waals surface area contributed by atoms with E-state index in [2.05, 4.69) is 4.98 Å². The first kappa shape index (κ1) is 18.5. The average Bonchev–Trinajstić information content (AvgIpc) is 3.08. The van der Waals surface area contributed by atoms with Gasteiger partial charge in [0, 0.05) is 39.0 Å². The fourth-order valence-corrected chi connectivity index (χ4v) is 3.68. The molecule has 1 aromatic carbocycles. The highest BCUT2D eigenvalue weighted by Gasteiger charge is 2.26. The van der Waals surface area contributed by atoms with Crippen LogP contribution in [0.25, 0.3) is 11.3 Å². The van der Waals surface area contributed by atoms with Gasteiger partial charge in [-0.25, -0.2) is 17.8 Å². The zero-order chi connectivity index (χ0) is 18.7. The number of aromatic nitrogens is 1. The van der Waals surface area contributed by atoms with Crippen molar-refractivity contribution >= 4 is 15.9 Å². The minimum atomic E-state index is -3.22. The molecule has 7 nitrogen and oxygen atoms in total. The van der Waals surface area contributed by atoms with Gasteiger partial charge in [0.2, 0.25) is 15.9 Å². The van der Waals surface area contributed by atoms with Crippen molar-refractivity contribution in [3.8, 4) is 11.3 Å². The van der Waals surface area contributed by atoms with Crippen LogP contribution in [0.5, 0.6) is 0 Å². The Morgan fingerprint density at radius 3 is 2.58 bits per heavy atom. The highest BCUT2D eigenvalue weighted by Crippen LogP contribution is 2.23. The molecule has 1 fully saturated rings. The van der Waals surface area contributed by atoms with E-state index in [0.29, 0.717) is 49.8 Å². The Bertz CT molecular complexity index is 889. The molecule has 0 saturated carbocycles. The predicted octanol–water partition coefficient (Wildman–Crippen LogP) is 1.52. The molecule has 1 amide bonds. The standard InChI is InChI=1S/C17H20FN3O4S/c1-26(23,24)21-10-8-20(9-11-21)17(22)7-6-16-19-12-15(25-16)13-4-2-3-5-14(13)18/h2-5,12H,6-11H2,1H3. The summed E-state index contributed by atoms with van der Waals surface area (Å²) >= 11 is 0. The summed E-state index contributed by atoms with van der Waals surface area (Å²) in [5, 5.41) is 0. The molecule has 1 saturated heterocycles. The van der Waals surface area contributed by atoms with Crippen LogP contribution in [0.1, 0.15) is 12.3 Å². The summed E-state index contributed by atoms with van der Waals surface area (Å²) in [5.74, 6) is 0.220. The van der Waals surface area contributed by atoms with E-state index in [4.69, 9.17) is 4.42 Å². The van der Waals surface area contributed by atoms with Gasteiger partial charge in [-0.3, -0.25) is 4.79 Å². The number of nitrogens with zero attached hydrogens (tertiary/aromatic N) is 3. The SMILES string of the molecule is CS(=O)(=O)N1CCN(C(=O)CCc2ncc(-c3ccccc3F)o2)CC1. The summed E-state index contributed by atoms with van der Waals surface area (Å²) in [6.07, 6.45) is 3.12. The van der Waals surface area contributed by atoms with Crippen LogP contribution in [0, 0.1) is 5.82 Å². The summed E-state index contributed by atoms with van der Waals surface area (Å²) in [6, 6.07) is 6.25. The average molecular weight is 381 g/mol. The smallest absolute Gasteiger partial charge is 0.223 e. The van der Waals surface area contributed by atoms with Crippen molar-refractivity contribution in [2.24, 2.45) is 0 Å². The van der Waals surface area contributed by atoms with E-state index in [1.54, 1.807) is 23.1 Å². The number of aryl methyl sites for hydroxylation is 1. The Morgan fingerprint density at radius 1 is 1.23 bits per heavy atom. The molecular formula is C17H20FN3O4S. The molecule has 0 spiro atoms. The van der Waals surface area contributed by atoms with Crippen molar-refractivity contribution in [2.75, 3.05) is 32.4 Å². The lowest BCUT2D eigenvalue weighted by Crippen LogP contribution is -2.50. The Balaban J connectivity index is 1.54. The van der Waals surface area contributed by atoms with Crippen LogP contribution in [0.15, 0.2) is 34.9 Å². The molecule has 1 aliphatic heterocycles. The van der Waals surface area contributed by atoms with Gasteiger partial charge in [-0.1, -0.05) is 12.1 Å². The number of carbonyl (C=O) groups is 1. The van der Waals surface area contributed by atoms with Gasteiger partial charge in [0.15, 0.2) is 11.7 Å². The number of carbonyl (C=O) groups excluding carboxylic acids is 1. The minimum absolute atomic E-state index is 0.0798. The van der Waals surface area contributed by atoms with Gasteiger partial charge < -0.3 is 9.32 Å². The second kappa shape index (κ2) is 7.55. The number of halogens is 1. The van der Waals surface area contributed by atoms with Crippen molar-refractivity contribution < 1.29 is 22.0 Å². The van der Waals surface area contributed by atoms with E-state index in [0.717, 1.165) is 0 Å². The zero-order valence-corrected chi connectivity index (χ0v) is 15.2. The number of oxazole rings is 1. The number of rotatable bonds is 5. The number of benzene rings is 1. The van der Waals surface area contributed by atoms with Crippen LogP contribution >= 0.6 is 0 Å². The molecule has 0 N–H and O–H groups in total. The van der Waals surface area contributed by atoms with Gasteiger partial charge in [0.25, 0.3) is 0 Å². The number of amides is 1. The van der Waals surface area contributed by atoms with Crippen LogP contribution in [0.4, 0.5) is 4.39 Å². The van der Waals surface area contributed by atoms with E-state index in [1.807, 2.05) is 0 Å². The van der Waals surface area contributed by atoms with E-state index in [1.165, 1.54) is 22.8 Å². The Kier molecular flexibility index (Phi) is 5.38. The Labute approximate surface area is 151 Å². The summed E-state index contributed by atoms with van der Waals surface area (Å²) < 4.78 is 43.7. The number of piperazine rings is 1. The highest BCUT2D eigenvalue weighted by atomic mass is 32.2. The molecule has 26 heavy (non-hydrogen) atoms. The maximum atomic E-state index is 13.8. The van der Waals surface area contributed by atoms with Gasteiger partial charge in [0.05, 0.1) is 18.0 Å². The van der Waals surface area contributed by atoms with Crippen LogP contribution < -0.4 is 0 Å². The molecule has 3 rings (SSSR count). The first-order valence-corrected chi connectivity index (χ1v) is 10.1. The van der Waals surface area contributed by atoms with Crippen LogP contribution in [-0.4, -0.2) is 60.9 Å². The molecule has 0 bridgehead atoms.